The van der Waals surface area contributed by atoms with Gasteiger partial charge in [0.2, 0.25) is 0 Å². The predicted octanol–water partition coefficient (Wildman–Crippen LogP) is 4.71. The highest BCUT2D eigenvalue weighted by Gasteiger charge is 2.43. The summed E-state index contributed by atoms with van der Waals surface area (Å²) in [5.74, 6) is 0. The molecule has 0 aliphatic rings. The Hall–Kier alpha value is -1.51. The Bertz CT molecular complexity index is 659. The van der Waals surface area contributed by atoms with Crippen molar-refractivity contribution in [3.63, 3.8) is 0 Å². The molecule has 0 radical (unpaired) electrons. The van der Waals surface area contributed by atoms with Crippen molar-refractivity contribution in [3.05, 3.63) is 41.1 Å². The second kappa shape index (κ2) is 10.1. The van der Waals surface area contributed by atoms with Crippen molar-refractivity contribution < 1.29 is 17.7 Å². The number of halogens is 3. The van der Waals surface area contributed by atoms with E-state index in [2.05, 4.69) is 0 Å². The summed E-state index contributed by atoms with van der Waals surface area (Å²) in [7, 11) is 1.52. The normalized spacial score (nSPS) is 15.4. The van der Waals surface area contributed by atoms with Crippen LogP contribution in [0.15, 0.2) is 40.4 Å². The third-order valence-electron chi connectivity index (χ3n) is 4.37. The van der Waals surface area contributed by atoms with Crippen LogP contribution in [0.2, 0.25) is 0 Å². The topological polar surface area (TPSA) is 76.2 Å². The molecule has 1 rings (SSSR count). The number of aryl methyl sites for hydroxylation is 1. The quantitative estimate of drug-likeness (QED) is 0.463. The first kappa shape index (κ1) is 23.5. The molecule has 8 heteroatoms. The van der Waals surface area contributed by atoms with Gasteiger partial charge >= 0.3 is 6.18 Å². The minimum atomic E-state index is -4.81. The first-order chi connectivity index (χ1) is 12.5. The molecule has 0 aliphatic carbocycles. The van der Waals surface area contributed by atoms with E-state index in [4.69, 9.17) is 11.1 Å². The number of nitrogens with two attached hydrogens (primary N) is 1. The fourth-order valence-corrected chi connectivity index (χ4v) is 3.87. The highest BCUT2D eigenvalue weighted by Crippen LogP contribution is 2.31. The molecule has 0 fully saturated rings. The lowest BCUT2D eigenvalue weighted by Gasteiger charge is -2.32. The summed E-state index contributed by atoms with van der Waals surface area (Å²) in [6.45, 7) is 5.47. The van der Waals surface area contributed by atoms with Gasteiger partial charge in [0.25, 0.3) is 0 Å². The van der Waals surface area contributed by atoms with Gasteiger partial charge in [0.15, 0.2) is 4.90 Å². The standard InChI is InChI=1S/C19H28F3N3OS/c1-5-7-8-16(17(15(23)6-2)18(24)19(20,21)22)25(4)27(26)14-11-9-13(3)10-12-14/h9-12,16,24H,5-8,23H2,1-4H3. The van der Waals surface area contributed by atoms with E-state index >= 15 is 0 Å². The minimum absolute atomic E-state index is 0.00573. The summed E-state index contributed by atoms with van der Waals surface area (Å²) in [6, 6.07) is 6.14. The lowest BCUT2D eigenvalue weighted by molar-refractivity contribution is -0.0595. The fraction of sp³-hybridized carbons (Fsp3) is 0.526. The van der Waals surface area contributed by atoms with Crippen molar-refractivity contribution in [2.24, 2.45) is 5.73 Å². The molecule has 4 nitrogen and oxygen atoms in total. The molecule has 0 heterocycles. The van der Waals surface area contributed by atoms with Gasteiger partial charge in [-0.2, -0.15) is 13.2 Å². The van der Waals surface area contributed by atoms with Gasteiger partial charge in [0.05, 0.1) is 17.4 Å². The molecule has 152 valence electrons. The SMILES string of the molecule is CCCCC(C(C(=N)C(F)(F)F)=C(N)CC)N(C)[S+]([O-])c1ccc(C)cc1. The average Bonchev–Trinajstić information content (AvgIpc) is 2.62. The molecule has 0 aliphatic heterocycles. The molecule has 1 aromatic carbocycles. The average molecular weight is 404 g/mol. The van der Waals surface area contributed by atoms with Gasteiger partial charge in [-0.25, -0.2) is 0 Å². The monoisotopic (exact) mass is 403 g/mol. The maximum absolute atomic E-state index is 13.3. The van der Waals surface area contributed by atoms with Crippen LogP contribution in [-0.2, 0) is 11.4 Å². The zero-order valence-corrected chi connectivity index (χ0v) is 17.0. The van der Waals surface area contributed by atoms with Crippen LogP contribution in [0.1, 0.15) is 45.1 Å². The number of allylic oxidation sites excluding steroid dienone is 1. The van der Waals surface area contributed by atoms with Gasteiger partial charge < -0.3 is 10.3 Å². The molecule has 0 spiro atoms. The van der Waals surface area contributed by atoms with Gasteiger partial charge in [-0.15, -0.1) is 4.31 Å². The van der Waals surface area contributed by atoms with Crippen LogP contribution in [0.25, 0.3) is 0 Å². The van der Waals surface area contributed by atoms with E-state index in [-0.39, 0.29) is 17.7 Å². The molecule has 0 bridgehead atoms. The smallest absolute Gasteiger partial charge is 0.433 e. The number of benzene rings is 1. The Morgan fingerprint density at radius 3 is 2.26 bits per heavy atom. The lowest BCUT2D eigenvalue weighted by atomic mass is 9.94. The van der Waals surface area contributed by atoms with Gasteiger partial charge in [-0.1, -0.05) is 44.4 Å². The molecule has 3 N–H and O–H groups in total. The van der Waals surface area contributed by atoms with Crippen molar-refractivity contribution in [1.29, 1.82) is 5.41 Å². The molecule has 0 aromatic heterocycles. The van der Waals surface area contributed by atoms with Gasteiger partial charge in [0, 0.05) is 18.3 Å². The van der Waals surface area contributed by atoms with Crippen molar-refractivity contribution in [2.75, 3.05) is 7.05 Å². The van der Waals surface area contributed by atoms with Crippen molar-refractivity contribution in [3.8, 4) is 0 Å². The van der Waals surface area contributed by atoms with E-state index in [0.29, 0.717) is 17.7 Å². The number of likely N-dealkylation sites (N-methyl/N-ethyl adjacent to an activating group) is 1. The molecular weight excluding hydrogens is 375 g/mol. The molecule has 1 aromatic rings. The summed E-state index contributed by atoms with van der Waals surface area (Å²) in [5.41, 5.74) is 5.16. The maximum Gasteiger partial charge on any atom is 0.433 e. The fourth-order valence-electron chi connectivity index (χ4n) is 2.73. The molecule has 0 saturated carbocycles. The second-order valence-corrected chi connectivity index (χ2v) is 7.98. The summed E-state index contributed by atoms with van der Waals surface area (Å²) in [4.78, 5) is 0.498. The Labute approximate surface area is 162 Å². The lowest BCUT2D eigenvalue weighted by Crippen LogP contribution is -2.43. The summed E-state index contributed by atoms with van der Waals surface area (Å²) >= 11 is -1.67. The number of hydrogen-bond acceptors (Lipinski definition) is 4. The number of unbranched alkanes of at least 4 members (excludes halogenated alkanes) is 1. The third kappa shape index (κ3) is 6.26. The van der Waals surface area contributed by atoms with E-state index in [1.54, 1.807) is 31.2 Å². The van der Waals surface area contributed by atoms with E-state index < -0.39 is 29.3 Å². The summed E-state index contributed by atoms with van der Waals surface area (Å²) in [6.07, 6.45) is -2.90. The van der Waals surface area contributed by atoms with Gasteiger partial charge in [-0.05, 0) is 31.9 Å². The van der Waals surface area contributed by atoms with Gasteiger partial charge in [0.1, 0.15) is 5.71 Å². The first-order valence-electron chi connectivity index (χ1n) is 8.90. The summed E-state index contributed by atoms with van der Waals surface area (Å²) < 4.78 is 54.3. The Morgan fingerprint density at radius 1 is 1.26 bits per heavy atom. The van der Waals surface area contributed by atoms with E-state index in [0.717, 1.165) is 12.0 Å². The number of hydrogen-bond donors (Lipinski definition) is 2. The minimum Gasteiger partial charge on any atom is -0.593 e. The van der Waals surface area contributed by atoms with Crippen LogP contribution in [0.4, 0.5) is 13.2 Å². The van der Waals surface area contributed by atoms with Crippen LogP contribution >= 0.6 is 0 Å². The van der Waals surface area contributed by atoms with Gasteiger partial charge in [-0.3, -0.25) is 5.41 Å². The summed E-state index contributed by atoms with van der Waals surface area (Å²) in [5, 5.41) is 7.68. The van der Waals surface area contributed by atoms with Crippen LogP contribution < -0.4 is 5.73 Å². The number of alkyl halides is 3. The van der Waals surface area contributed by atoms with Crippen molar-refractivity contribution >= 4 is 17.1 Å². The molecular formula is C19H28F3N3OS. The largest absolute Gasteiger partial charge is 0.593 e. The second-order valence-electron chi connectivity index (χ2n) is 6.43. The molecule has 2 atom stereocenters. The first-order valence-corrected chi connectivity index (χ1v) is 10.0. The van der Waals surface area contributed by atoms with Crippen LogP contribution in [0.5, 0.6) is 0 Å². The Balaban J connectivity index is 3.34. The van der Waals surface area contributed by atoms with Crippen LogP contribution in [0, 0.1) is 12.3 Å². The molecule has 2 unspecified atom stereocenters. The zero-order valence-electron chi connectivity index (χ0n) is 16.2. The number of rotatable bonds is 9. The van der Waals surface area contributed by atoms with E-state index in [9.17, 15) is 17.7 Å². The van der Waals surface area contributed by atoms with Crippen LogP contribution in [-0.4, -0.2) is 33.8 Å². The van der Waals surface area contributed by atoms with Crippen molar-refractivity contribution in [2.45, 2.75) is 63.6 Å². The Kier molecular flexibility index (Phi) is 8.84. The van der Waals surface area contributed by atoms with E-state index in [1.165, 1.54) is 11.4 Å². The Morgan fingerprint density at radius 2 is 1.81 bits per heavy atom. The third-order valence-corrected chi connectivity index (χ3v) is 5.82. The van der Waals surface area contributed by atoms with Crippen molar-refractivity contribution in [1.82, 2.24) is 4.31 Å². The number of nitrogens with zero attached hydrogens (tertiary/aromatic N) is 1. The zero-order chi connectivity index (χ0) is 20.8. The maximum atomic E-state index is 13.3. The molecule has 27 heavy (non-hydrogen) atoms. The predicted molar refractivity (Wildman–Crippen MR) is 104 cm³/mol. The molecule has 0 saturated heterocycles. The highest BCUT2D eigenvalue weighted by atomic mass is 32.2. The number of nitrogens with one attached hydrogen (secondary N) is 1. The molecule has 0 amide bonds. The van der Waals surface area contributed by atoms with E-state index in [1.807, 2.05) is 13.8 Å². The highest BCUT2D eigenvalue weighted by molar-refractivity contribution is 7.89. The van der Waals surface area contributed by atoms with Crippen LogP contribution in [0.3, 0.4) is 0 Å².